The van der Waals surface area contributed by atoms with Crippen molar-refractivity contribution < 1.29 is 32.2 Å². The fourth-order valence-corrected chi connectivity index (χ4v) is 6.17. The average molecular weight is 585 g/mol. The fourth-order valence-electron chi connectivity index (χ4n) is 5.35. The number of hydrogen-bond acceptors (Lipinski definition) is 7. The van der Waals surface area contributed by atoms with Crippen LogP contribution in [0.1, 0.15) is 46.6 Å². The molecule has 2 aliphatic rings. The number of methoxy groups -OCH3 is 1. The SMILES string of the molecule is COC(=O)C[C@@H]1COc2cc(OCc3cc(-c4c(C)cc(OCCCS(C)(=O)=O)c5c4CC5)ccc3Cl)ccc21. The number of aryl methyl sites for hydroxylation is 1. The minimum absolute atomic E-state index is 0.0206. The Morgan fingerprint density at radius 1 is 1.07 bits per heavy atom. The van der Waals surface area contributed by atoms with Crippen molar-refractivity contribution in [1.29, 1.82) is 0 Å². The quantitative estimate of drug-likeness (QED) is 0.206. The first-order valence-corrected chi connectivity index (χ1v) is 15.8. The van der Waals surface area contributed by atoms with E-state index in [0.29, 0.717) is 37.0 Å². The number of esters is 1. The van der Waals surface area contributed by atoms with E-state index in [2.05, 4.69) is 19.1 Å². The van der Waals surface area contributed by atoms with Gasteiger partial charge in [0.05, 0.1) is 32.5 Å². The summed E-state index contributed by atoms with van der Waals surface area (Å²) in [6, 6.07) is 13.7. The van der Waals surface area contributed by atoms with Crippen LogP contribution in [0.2, 0.25) is 5.02 Å². The van der Waals surface area contributed by atoms with Crippen molar-refractivity contribution in [2.75, 3.05) is 32.3 Å². The van der Waals surface area contributed by atoms with Gasteiger partial charge in [-0.15, -0.1) is 0 Å². The first-order chi connectivity index (χ1) is 19.1. The van der Waals surface area contributed by atoms with Crippen molar-refractivity contribution in [2.24, 2.45) is 0 Å². The normalized spacial score (nSPS) is 15.4. The fraction of sp³-hybridized carbons (Fsp3) is 0.387. The van der Waals surface area contributed by atoms with E-state index in [9.17, 15) is 13.2 Å². The van der Waals surface area contributed by atoms with Gasteiger partial charge in [-0.3, -0.25) is 4.79 Å². The number of hydrogen-bond donors (Lipinski definition) is 0. The first-order valence-electron chi connectivity index (χ1n) is 13.3. The van der Waals surface area contributed by atoms with E-state index in [4.69, 9.17) is 30.5 Å². The van der Waals surface area contributed by atoms with E-state index in [-0.39, 0.29) is 24.1 Å². The number of sulfone groups is 1. The van der Waals surface area contributed by atoms with Crippen molar-refractivity contribution in [3.8, 4) is 28.4 Å². The van der Waals surface area contributed by atoms with Crippen LogP contribution < -0.4 is 14.2 Å². The first kappa shape index (κ1) is 28.3. The summed E-state index contributed by atoms with van der Waals surface area (Å²) in [4.78, 5) is 11.7. The predicted molar refractivity (Wildman–Crippen MR) is 154 cm³/mol. The molecule has 3 aromatic rings. The summed E-state index contributed by atoms with van der Waals surface area (Å²) in [6.45, 7) is 3.18. The Labute approximate surface area is 240 Å². The van der Waals surface area contributed by atoms with Gasteiger partial charge in [0.25, 0.3) is 0 Å². The van der Waals surface area contributed by atoms with Gasteiger partial charge in [0.15, 0.2) is 0 Å². The van der Waals surface area contributed by atoms with Crippen molar-refractivity contribution >= 4 is 27.4 Å². The molecule has 0 saturated carbocycles. The third kappa shape index (κ3) is 6.23. The number of ether oxygens (including phenoxy) is 4. The average Bonchev–Trinajstić information content (AvgIpc) is 3.28. The summed E-state index contributed by atoms with van der Waals surface area (Å²) in [5.74, 6) is 2.08. The lowest BCUT2D eigenvalue weighted by molar-refractivity contribution is -0.141. The van der Waals surface area contributed by atoms with Crippen molar-refractivity contribution in [3.05, 3.63) is 75.3 Å². The van der Waals surface area contributed by atoms with Crippen LogP contribution in [0.3, 0.4) is 0 Å². The molecule has 3 aromatic carbocycles. The van der Waals surface area contributed by atoms with Crippen molar-refractivity contribution in [3.63, 3.8) is 0 Å². The maximum atomic E-state index is 11.7. The Kier molecular flexibility index (Phi) is 8.29. The Hall–Kier alpha value is -3.23. The van der Waals surface area contributed by atoms with Crippen LogP contribution in [-0.2, 0) is 38.8 Å². The van der Waals surface area contributed by atoms with Crippen LogP contribution in [0.5, 0.6) is 17.2 Å². The van der Waals surface area contributed by atoms with Gasteiger partial charge >= 0.3 is 5.97 Å². The third-order valence-corrected chi connectivity index (χ3v) is 8.88. The molecule has 0 amide bonds. The predicted octanol–water partition coefficient (Wildman–Crippen LogP) is 5.85. The lowest BCUT2D eigenvalue weighted by Crippen LogP contribution is -2.15. The molecule has 0 N–H and O–H groups in total. The summed E-state index contributed by atoms with van der Waals surface area (Å²) in [7, 11) is -1.61. The van der Waals surface area contributed by atoms with E-state index in [0.717, 1.165) is 46.6 Å². The molecule has 0 spiro atoms. The van der Waals surface area contributed by atoms with Gasteiger partial charge in [0.2, 0.25) is 0 Å². The highest BCUT2D eigenvalue weighted by Gasteiger charge is 2.28. The molecule has 1 aliphatic carbocycles. The van der Waals surface area contributed by atoms with Gasteiger partial charge in [-0.2, -0.15) is 0 Å². The van der Waals surface area contributed by atoms with Gasteiger partial charge in [0, 0.05) is 34.4 Å². The summed E-state index contributed by atoms with van der Waals surface area (Å²) >= 11 is 6.57. The Morgan fingerprint density at radius 3 is 2.60 bits per heavy atom. The minimum Gasteiger partial charge on any atom is -0.493 e. The number of carbonyl (C=O) groups excluding carboxylic acids is 1. The molecule has 0 unspecified atom stereocenters. The van der Waals surface area contributed by atoms with E-state index in [1.54, 1.807) is 0 Å². The molecular formula is C31H33ClO7S. The number of benzene rings is 3. The van der Waals surface area contributed by atoms with Crippen molar-refractivity contribution in [1.82, 2.24) is 0 Å². The Bertz CT molecular complexity index is 1550. The van der Waals surface area contributed by atoms with E-state index in [1.807, 2.05) is 30.3 Å². The molecular weight excluding hydrogens is 552 g/mol. The second kappa shape index (κ2) is 11.7. The van der Waals surface area contributed by atoms with Gasteiger partial charge in [-0.1, -0.05) is 23.7 Å². The van der Waals surface area contributed by atoms with Crippen LogP contribution >= 0.6 is 11.6 Å². The molecule has 1 atom stereocenters. The lowest BCUT2D eigenvalue weighted by atomic mass is 9.79. The zero-order chi connectivity index (χ0) is 28.4. The maximum Gasteiger partial charge on any atom is 0.306 e. The third-order valence-electron chi connectivity index (χ3n) is 7.48. The van der Waals surface area contributed by atoms with Crippen LogP contribution in [-0.4, -0.2) is 46.7 Å². The van der Waals surface area contributed by atoms with Crippen LogP contribution in [0.25, 0.3) is 11.1 Å². The summed E-state index contributed by atoms with van der Waals surface area (Å²) < 4.78 is 45.5. The van der Waals surface area contributed by atoms with Gasteiger partial charge in [-0.05, 0) is 78.3 Å². The van der Waals surface area contributed by atoms with Gasteiger partial charge in [-0.25, -0.2) is 8.42 Å². The molecule has 1 aliphatic heterocycles. The summed E-state index contributed by atoms with van der Waals surface area (Å²) in [6.07, 6.45) is 3.90. The maximum absolute atomic E-state index is 11.7. The molecule has 0 bridgehead atoms. The zero-order valence-corrected chi connectivity index (χ0v) is 24.5. The summed E-state index contributed by atoms with van der Waals surface area (Å²) in [5, 5.41) is 0.626. The zero-order valence-electron chi connectivity index (χ0n) is 22.9. The lowest BCUT2D eigenvalue weighted by Gasteiger charge is -2.28. The second-order valence-corrected chi connectivity index (χ2v) is 13.1. The number of rotatable bonds is 11. The van der Waals surface area contributed by atoms with Gasteiger partial charge < -0.3 is 18.9 Å². The molecule has 0 saturated heterocycles. The molecule has 9 heteroatoms. The van der Waals surface area contributed by atoms with E-state index < -0.39 is 9.84 Å². The number of fused-ring (bicyclic) bond motifs is 2. The highest BCUT2D eigenvalue weighted by atomic mass is 35.5. The van der Waals surface area contributed by atoms with Crippen molar-refractivity contribution in [2.45, 2.75) is 45.1 Å². The highest BCUT2D eigenvalue weighted by Crippen LogP contribution is 2.43. The van der Waals surface area contributed by atoms with Crippen LogP contribution in [0, 0.1) is 6.92 Å². The molecule has 1 heterocycles. The Balaban J connectivity index is 1.29. The van der Waals surface area contributed by atoms with Gasteiger partial charge in [0.1, 0.15) is 33.7 Å². The minimum atomic E-state index is -3.00. The molecule has 7 nitrogen and oxygen atoms in total. The van der Waals surface area contributed by atoms with E-state index >= 15 is 0 Å². The summed E-state index contributed by atoms with van der Waals surface area (Å²) in [5.41, 5.74) is 7.67. The Morgan fingerprint density at radius 2 is 1.88 bits per heavy atom. The van der Waals surface area contributed by atoms with E-state index in [1.165, 1.54) is 30.1 Å². The molecule has 0 aromatic heterocycles. The van der Waals surface area contributed by atoms with Crippen LogP contribution in [0.4, 0.5) is 0 Å². The molecule has 40 heavy (non-hydrogen) atoms. The second-order valence-electron chi connectivity index (χ2n) is 10.4. The molecule has 0 fully saturated rings. The molecule has 212 valence electrons. The molecule has 5 rings (SSSR count). The number of carbonyl (C=O) groups is 1. The monoisotopic (exact) mass is 584 g/mol. The van der Waals surface area contributed by atoms with Crippen LogP contribution in [0.15, 0.2) is 42.5 Å². The smallest absolute Gasteiger partial charge is 0.306 e. The topological polar surface area (TPSA) is 88.1 Å². The number of halogens is 1. The largest absolute Gasteiger partial charge is 0.493 e. The highest BCUT2D eigenvalue weighted by molar-refractivity contribution is 7.90. The standard InChI is InChI=1S/C31H33ClO7S/c1-19-13-28(37-11-4-12-40(3,34)35)25-8-9-26(25)31(19)20-5-10-27(32)22(14-20)18-38-23-6-7-24-21(15-30(33)36-2)17-39-29(24)16-23/h5-7,10,13-14,16,21H,4,8-9,11-12,15,17-18H2,1-3H3/t21-/m1/s1. The molecule has 0 radical (unpaired) electrons.